The van der Waals surface area contributed by atoms with Gasteiger partial charge in [-0.2, -0.15) is 0 Å². The van der Waals surface area contributed by atoms with Crippen LogP contribution in [0.15, 0.2) is 78.9 Å². The van der Waals surface area contributed by atoms with Crippen LogP contribution in [0.1, 0.15) is 34.7 Å². The Labute approximate surface area is 221 Å². The van der Waals surface area contributed by atoms with Crippen LogP contribution in [0.25, 0.3) is 11.1 Å². The fourth-order valence-electron chi connectivity index (χ4n) is 4.90. The van der Waals surface area contributed by atoms with Gasteiger partial charge in [0.25, 0.3) is 5.91 Å². The molecule has 3 aromatic rings. The number of hydrogen-bond donors (Lipinski definition) is 3. The molecule has 1 saturated heterocycles. The highest BCUT2D eigenvalue weighted by molar-refractivity contribution is 5.98. The Kier molecular flexibility index (Phi) is 7.79. The van der Waals surface area contributed by atoms with E-state index in [1.165, 1.54) is 17.0 Å². The van der Waals surface area contributed by atoms with Gasteiger partial charge in [-0.3, -0.25) is 14.4 Å². The van der Waals surface area contributed by atoms with Gasteiger partial charge in [0.05, 0.1) is 6.54 Å². The molecule has 1 aliphatic carbocycles. The van der Waals surface area contributed by atoms with Gasteiger partial charge in [-0.1, -0.05) is 54.6 Å². The van der Waals surface area contributed by atoms with Crippen molar-refractivity contribution in [3.8, 4) is 11.1 Å². The first-order chi connectivity index (χ1) is 18.5. The van der Waals surface area contributed by atoms with Crippen molar-refractivity contribution in [2.75, 3.05) is 26.2 Å². The summed E-state index contributed by atoms with van der Waals surface area (Å²) in [4.78, 5) is 39.8. The van der Waals surface area contributed by atoms with Crippen molar-refractivity contribution in [2.24, 2.45) is 0 Å². The lowest BCUT2D eigenvalue weighted by atomic mass is 10.0. The zero-order valence-corrected chi connectivity index (χ0v) is 21.0. The zero-order valence-electron chi connectivity index (χ0n) is 21.0. The minimum absolute atomic E-state index is 0.0142. The Hall–Kier alpha value is -4.04. The highest BCUT2D eigenvalue weighted by Crippen LogP contribution is 2.40. The molecule has 1 saturated carbocycles. The number of rotatable bonds is 9. The maximum absolute atomic E-state index is 13.3. The predicted octanol–water partition coefficient (Wildman–Crippen LogP) is 3.09. The molecule has 5 rings (SSSR count). The minimum Gasteiger partial charge on any atom is -0.353 e. The van der Waals surface area contributed by atoms with Crippen LogP contribution >= 0.6 is 0 Å². The lowest BCUT2D eigenvalue weighted by Crippen LogP contribution is -2.56. The molecule has 8 heteroatoms. The SMILES string of the molecule is O=C1CN(C(=O)[C@H](CCN[C@@H]2C[C@H]2c2ccc(F)cc2)NC(=O)c2ccc(-c3ccccc3)cc2)CCN1. The van der Waals surface area contributed by atoms with E-state index in [1.54, 1.807) is 24.3 Å². The molecule has 0 spiro atoms. The fourth-order valence-corrected chi connectivity index (χ4v) is 4.90. The van der Waals surface area contributed by atoms with Crippen LogP contribution in [0.2, 0.25) is 0 Å². The summed E-state index contributed by atoms with van der Waals surface area (Å²) in [5.41, 5.74) is 3.60. The fraction of sp³-hybridized carbons (Fsp3) is 0.300. The summed E-state index contributed by atoms with van der Waals surface area (Å²) in [6, 6.07) is 23.2. The van der Waals surface area contributed by atoms with Crippen molar-refractivity contribution in [2.45, 2.75) is 30.8 Å². The molecule has 0 aromatic heterocycles. The van der Waals surface area contributed by atoms with Gasteiger partial charge in [0, 0.05) is 30.6 Å². The van der Waals surface area contributed by atoms with Gasteiger partial charge in [0.1, 0.15) is 11.9 Å². The average Bonchev–Trinajstić information content (AvgIpc) is 3.72. The maximum Gasteiger partial charge on any atom is 0.251 e. The molecule has 0 unspecified atom stereocenters. The van der Waals surface area contributed by atoms with Gasteiger partial charge in [-0.05, 0) is 60.3 Å². The smallest absolute Gasteiger partial charge is 0.251 e. The van der Waals surface area contributed by atoms with E-state index >= 15 is 0 Å². The molecular weight excluding hydrogens is 483 g/mol. The van der Waals surface area contributed by atoms with Crippen LogP contribution in [0.3, 0.4) is 0 Å². The van der Waals surface area contributed by atoms with Crippen molar-refractivity contribution in [1.82, 2.24) is 20.9 Å². The van der Waals surface area contributed by atoms with Crippen molar-refractivity contribution >= 4 is 17.7 Å². The number of carbonyl (C=O) groups excluding carboxylic acids is 3. The number of carbonyl (C=O) groups is 3. The standard InChI is InChI=1S/C30H31FN4O3/c31-24-12-10-22(11-13-24)25-18-27(25)32-15-14-26(30(38)35-17-16-33-28(36)19-35)34-29(37)23-8-6-21(7-9-23)20-4-2-1-3-5-20/h1-13,25-27,32H,14-19H2,(H,33,36)(H,34,37)/t25-,26-,27+/m0/s1. The highest BCUT2D eigenvalue weighted by Gasteiger charge is 2.38. The molecule has 1 heterocycles. The van der Waals surface area contributed by atoms with E-state index < -0.39 is 6.04 Å². The lowest BCUT2D eigenvalue weighted by Gasteiger charge is -2.30. The van der Waals surface area contributed by atoms with Gasteiger partial charge < -0.3 is 20.9 Å². The monoisotopic (exact) mass is 514 g/mol. The minimum atomic E-state index is -0.766. The summed E-state index contributed by atoms with van der Waals surface area (Å²) < 4.78 is 13.2. The van der Waals surface area contributed by atoms with Crippen LogP contribution in [-0.4, -0.2) is 60.9 Å². The second-order valence-electron chi connectivity index (χ2n) is 9.82. The van der Waals surface area contributed by atoms with Gasteiger partial charge in [0.2, 0.25) is 11.8 Å². The Bertz CT molecular complexity index is 1280. The predicted molar refractivity (Wildman–Crippen MR) is 143 cm³/mol. The molecule has 3 atom stereocenters. The summed E-state index contributed by atoms with van der Waals surface area (Å²) >= 11 is 0. The van der Waals surface area contributed by atoms with E-state index in [4.69, 9.17) is 0 Å². The van der Waals surface area contributed by atoms with Crippen LogP contribution < -0.4 is 16.0 Å². The second kappa shape index (κ2) is 11.6. The number of hydrogen-bond acceptors (Lipinski definition) is 4. The number of halogens is 1. The Morgan fingerprint density at radius 1 is 0.974 bits per heavy atom. The summed E-state index contributed by atoms with van der Waals surface area (Å²) in [5.74, 6) is -0.739. The molecular formula is C30H31FN4O3. The molecule has 1 aliphatic heterocycles. The van der Waals surface area contributed by atoms with E-state index in [9.17, 15) is 18.8 Å². The normalized spacial score (nSPS) is 19.4. The Morgan fingerprint density at radius 3 is 2.39 bits per heavy atom. The quantitative estimate of drug-likeness (QED) is 0.409. The molecule has 0 radical (unpaired) electrons. The first-order valence-electron chi connectivity index (χ1n) is 13.0. The topological polar surface area (TPSA) is 90.5 Å². The Morgan fingerprint density at radius 2 is 1.68 bits per heavy atom. The third-order valence-corrected chi connectivity index (χ3v) is 7.14. The van der Waals surface area contributed by atoms with Gasteiger partial charge in [-0.25, -0.2) is 4.39 Å². The summed E-state index contributed by atoms with van der Waals surface area (Å²) in [7, 11) is 0. The lowest BCUT2D eigenvalue weighted by molar-refractivity contribution is -0.139. The number of nitrogens with one attached hydrogen (secondary N) is 3. The van der Waals surface area contributed by atoms with Gasteiger partial charge in [-0.15, -0.1) is 0 Å². The first kappa shape index (κ1) is 25.6. The van der Waals surface area contributed by atoms with E-state index in [2.05, 4.69) is 16.0 Å². The van der Waals surface area contributed by atoms with Crippen LogP contribution in [-0.2, 0) is 9.59 Å². The third-order valence-electron chi connectivity index (χ3n) is 7.14. The van der Waals surface area contributed by atoms with Crippen molar-refractivity contribution in [3.05, 3.63) is 95.8 Å². The van der Waals surface area contributed by atoms with E-state index in [0.29, 0.717) is 37.5 Å². The molecule has 196 valence electrons. The summed E-state index contributed by atoms with van der Waals surface area (Å²) in [6.45, 7) is 1.31. The molecule has 3 aromatic carbocycles. The van der Waals surface area contributed by atoms with E-state index in [-0.39, 0.29) is 36.1 Å². The molecule has 7 nitrogen and oxygen atoms in total. The van der Waals surface area contributed by atoms with Gasteiger partial charge in [0.15, 0.2) is 0 Å². The molecule has 3 N–H and O–H groups in total. The van der Waals surface area contributed by atoms with Crippen molar-refractivity contribution in [3.63, 3.8) is 0 Å². The van der Waals surface area contributed by atoms with Gasteiger partial charge >= 0.3 is 0 Å². The van der Waals surface area contributed by atoms with E-state index in [0.717, 1.165) is 23.1 Å². The second-order valence-corrected chi connectivity index (χ2v) is 9.82. The first-order valence-corrected chi connectivity index (χ1v) is 13.0. The van der Waals surface area contributed by atoms with Crippen LogP contribution in [0, 0.1) is 5.82 Å². The van der Waals surface area contributed by atoms with Crippen molar-refractivity contribution in [1.29, 1.82) is 0 Å². The summed E-state index contributed by atoms with van der Waals surface area (Å²) in [6.07, 6.45) is 1.33. The largest absolute Gasteiger partial charge is 0.353 e. The third kappa shape index (κ3) is 6.26. The number of nitrogens with zero attached hydrogens (tertiary/aromatic N) is 1. The molecule has 2 aliphatic rings. The zero-order chi connectivity index (χ0) is 26.5. The van der Waals surface area contributed by atoms with E-state index in [1.807, 2.05) is 42.5 Å². The molecule has 38 heavy (non-hydrogen) atoms. The number of piperazine rings is 1. The average molecular weight is 515 g/mol. The Balaban J connectivity index is 1.22. The molecule has 3 amide bonds. The van der Waals surface area contributed by atoms with Crippen LogP contribution in [0.4, 0.5) is 4.39 Å². The molecule has 0 bridgehead atoms. The summed E-state index contributed by atoms with van der Waals surface area (Å²) in [5, 5.41) is 9.09. The highest BCUT2D eigenvalue weighted by atomic mass is 19.1. The number of benzene rings is 3. The number of amides is 3. The van der Waals surface area contributed by atoms with Crippen molar-refractivity contribution < 1.29 is 18.8 Å². The van der Waals surface area contributed by atoms with Crippen LogP contribution in [0.5, 0.6) is 0 Å². The maximum atomic E-state index is 13.3. The molecule has 2 fully saturated rings.